The Morgan fingerprint density at radius 3 is 3.30 bits per heavy atom. The zero-order valence-corrected chi connectivity index (χ0v) is 8.46. The van der Waals surface area contributed by atoms with Crippen molar-refractivity contribution in [1.82, 2.24) is 5.32 Å². The van der Waals surface area contributed by atoms with E-state index in [4.69, 9.17) is 0 Å². The van der Waals surface area contributed by atoms with Crippen molar-refractivity contribution in [1.29, 1.82) is 0 Å². The number of rotatable bonds is 0. The SMILES string of the molecule is Ic1cc2c(s1)CCNC2. The van der Waals surface area contributed by atoms with Crippen LogP contribution < -0.4 is 5.32 Å². The first-order chi connectivity index (χ1) is 4.86. The Kier molecular flexibility index (Phi) is 1.97. The van der Waals surface area contributed by atoms with Crippen molar-refractivity contribution in [2.75, 3.05) is 6.54 Å². The van der Waals surface area contributed by atoms with Gasteiger partial charge < -0.3 is 5.32 Å². The molecular formula is C7H8INS. The van der Waals surface area contributed by atoms with Gasteiger partial charge in [-0.15, -0.1) is 11.3 Å². The average molecular weight is 265 g/mol. The van der Waals surface area contributed by atoms with Gasteiger partial charge in [0, 0.05) is 18.0 Å². The quantitative estimate of drug-likeness (QED) is 0.707. The van der Waals surface area contributed by atoms with E-state index in [0.29, 0.717) is 0 Å². The van der Waals surface area contributed by atoms with E-state index in [9.17, 15) is 0 Å². The fraction of sp³-hybridized carbons (Fsp3) is 0.429. The number of thiophene rings is 1. The summed E-state index contributed by atoms with van der Waals surface area (Å²) >= 11 is 4.33. The molecule has 10 heavy (non-hydrogen) atoms. The van der Waals surface area contributed by atoms with Crippen molar-refractivity contribution < 1.29 is 0 Å². The van der Waals surface area contributed by atoms with E-state index >= 15 is 0 Å². The molecule has 0 fully saturated rings. The molecule has 0 aromatic carbocycles. The second kappa shape index (κ2) is 2.79. The first-order valence-corrected chi connectivity index (χ1v) is 5.23. The predicted molar refractivity (Wildman–Crippen MR) is 52.4 cm³/mol. The van der Waals surface area contributed by atoms with E-state index in [1.165, 1.54) is 14.9 Å². The van der Waals surface area contributed by atoms with Gasteiger partial charge in [-0.05, 0) is 40.6 Å². The monoisotopic (exact) mass is 265 g/mol. The fourth-order valence-electron chi connectivity index (χ4n) is 1.22. The minimum atomic E-state index is 1.08. The molecule has 1 N–H and O–H groups in total. The molecule has 0 saturated carbocycles. The molecule has 3 heteroatoms. The second-order valence-electron chi connectivity index (χ2n) is 2.43. The van der Waals surface area contributed by atoms with Crippen LogP contribution in [0.2, 0.25) is 0 Å². The van der Waals surface area contributed by atoms with Gasteiger partial charge >= 0.3 is 0 Å². The van der Waals surface area contributed by atoms with Gasteiger partial charge in [-0.1, -0.05) is 0 Å². The Morgan fingerprint density at radius 2 is 2.50 bits per heavy atom. The van der Waals surface area contributed by atoms with E-state index in [1.807, 2.05) is 11.3 Å². The number of hydrogen-bond donors (Lipinski definition) is 1. The average Bonchev–Trinajstić information content (AvgIpc) is 2.27. The molecule has 2 heterocycles. The lowest BCUT2D eigenvalue weighted by Crippen LogP contribution is -2.21. The van der Waals surface area contributed by atoms with E-state index in [-0.39, 0.29) is 0 Å². The molecule has 2 rings (SSSR count). The topological polar surface area (TPSA) is 12.0 Å². The Balaban J connectivity index is 2.41. The van der Waals surface area contributed by atoms with Gasteiger partial charge in [-0.25, -0.2) is 0 Å². The molecule has 1 aliphatic rings. The lowest BCUT2D eigenvalue weighted by atomic mass is 10.1. The zero-order chi connectivity index (χ0) is 6.97. The van der Waals surface area contributed by atoms with E-state index in [1.54, 1.807) is 4.88 Å². The molecule has 0 atom stereocenters. The molecule has 0 bridgehead atoms. The van der Waals surface area contributed by atoms with Crippen molar-refractivity contribution in [3.63, 3.8) is 0 Å². The number of fused-ring (bicyclic) bond motifs is 1. The summed E-state index contributed by atoms with van der Waals surface area (Å²) in [7, 11) is 0. The maximum atomic E-state index is 3.36. The molecule has 0 amide bonds. The van der Waals surface area contributed by atoms with Crippen molar-refractivity contribution >= 4 is 33.9 Å². The Labute approximate surface area is 78.0 Å². The molecule has 0 unspecified atom stereocenters. The van der Waals surface area contributed by atoms with Crippen molar-refractivity contribution in [2.45, 2.75) is 13.0 Å². The van der Waals surface area contributed by atoms with Crippen LogP contribution in [0.4, 0.5) is 0 Å². The summed E-state index contributed by atoms with van der Waals surface area (Å²) in [5, 5.41) is 3.36. The molecular weight excluding hydrogens is 257 g/mol. The van der Waals surface area contributed by atoms with E-state index in [0.717, 1.165) is 13.1 Å². The Hall–Kier alpha value is 0.390. The third-order valence-electron chi connectivity index (χ3n) is 1.71. The minimum Gasteiger partial charge on any atom is -0.312 e. The molecule has 1 aliphatic heterocycles. The molecule has 1 aromatic heterocycles. The van der Waals surface area contributed by atoms with Gasteiger partial charge in [0.1, 0.15) is 0 Å². The van der Waals surface area contributed by atoms with Crippen LogP contribution in [0.15, 0.2) is 6.07 Å². The third-order valence-corrected chi connectivity index (χ3v) is 3.71. The standard InChI is InChI=1S/C7H8INS/c8-7-3-5-4-9-2-1-6(5)10-7/h3,9H,1-2,4H2. The van der Waals surface area contributed by atoms with Gasteiger partial charge in [-0.2, -0.15) is 0 Å². The van der Waals surface area contributed by atoms with Crippen molar-refractivity contribution in [3.05, 3.63) is 19.4 Å². The highest BCUT2D eigenvalue weighted by Crippen LogP contribution is 2.25. The number of nitrogens with one attached hydrogen (secondary N) is 1. The summed E-state index contributed by atoms with van der Waals surface area (Å²) in [4.78, 5) is 1.59. The van der Waals surface area contributed by atoms with Crippen LogP contribution in [0.25, 0.3) is 0 Å². The molecule has 0 aliphatic carbocycles. The van der Waals surface area contributed by atoms with Crippen LogP contribution in [-0.4, -0.2) is 6.54 Å². The first-order valence-electron chi connectivity index (χ1n) is 3.34. The highest BCUT2D eigenvalue weighted by Gasteiger charge is 2.10. The van der Waals surface area contributed by atoms with Crippen LogP contribution >= 0.6 is 33.9 Å². The van der Waals surface area contributed by atoms with Gasteiger partial charge in [0.05, 0.1) is 2.88 Å². The van der Waals surface area contributed by atoms with Crippen LogP contribution in [0.5, 0.6) is 0 Å². The number of halogens is 1. The Bertz CT molecular complexity index is 220. The van der Waals surface area contributed by atoms with Crippen molar-refractivity contribution in [2.24, 2.45) is 0 Å². The smallest absolute Gasteiger partial charge is 0.0659 e. The Morgan fingerprint density at radius 1 is 1.60 bits per heavy atom. The molecule has 0 saturated heterocycles. The summed E-state index contributed by atoms with van der Waals surface area (Å²) in [5.41, 5.74) is 1.51. The maximum absolute atomic E-state index is 3.36. The van der Waals surface area contributed by atoms with Crippen LogP contribution in [0, 0.1) is 2.88 Å². The van der Waals surface area contributed by atoms with Crippen LogP contribution in [0.1, 0.15) is 10.4 Å². The van der Waals surface area contributed by atoms with Gasteiger partial charge in [0.15, 0.2) is 0 Å². The molecule has 0 radical (unpaired) electrons. The lowest BCUT2D eigenvalue weighted by Gasteiger charge is -2.10. The third kappa shape index (κ3) is 1.22. The normalized spacial score (nSPS) is 16.9. The summed E-state index contributed by atoms with van der Waals surface area (Å²) in [6, 6.07) is 2.28. The van der Waals surface area contributed by atoms with E-state index < -0.39 is 0 Å². The van der Waals surface area contributed by atoms with Gasteiger partial charge in [0.2, 0.25) is 0 Å². The summed E-state index contributed by atoms with van der Waals surface area (Å²) in [5.74, 6) is 0. The lowest BCUT2D eigenvalue weighted by molar-refractivity contribution is 0.653. The number of hydrogen-bond acceptors (Lipinski definition) is 2. The highest BCUT2D eigenvalue weighted by atomic mass is 127. The highest BCUT2D eigenvalue weighted by molar-refractivity contribution is 14.1. The molecule has 1 aromatic rings. The van der Waals surface area contributed by atoms with Gasteiger partial charge in [-0.3, -0.25) is 0 Å². The van der Waals surface area contributed by atoms with Crippen LogP contribution in [-0.2, 0) is 13.0 Å². The second-order valence-corrected chi connectivity index (χ2v) is 5.46. The van der Waals surface area contributed by atoms with E-state index in [2.05, 4.69) is 34.0 Å². The largest absolute Gasteiger partial charge is 0.312 e. The van der Waals surface area contributed by atoms with Gasteiger partial charge in [0.25, 0.3) is 0 Å². The molecule has 0 spiro atoms. The summed E-state index contributed by atoms with van der Waals surface area (Å²) in [6.07, 6.45) is 1.23. The van der Waals surface area contributed by atoms with Crippen LogP contribution in [0.3, 0.4) is 0 Å². The molecule has 1 nitrogen and oxygen atoms in total. The predicted octanol–water partition coefficient (Wildman–Crippen LogP) is 2.00. The zero-order valence-electron chi connectivity index (χ0n) is 5.48. The first kappa shape index (κ1) is 7.06. The minimum absolute atomic E-state index is 1.08. The molecule has 54 valence electrons. The van der Waals surface area contributed by atoms with Crippen molar-refractivity contribution in [3.8, 4) is 0 Å². The fourth-order valence-corrected chi connectivity index (χ4v) is 3.29. The maximum Gasteiger partial charge on any atom is 0.0659 e. The summed E-state index contributed by atoms with van der Waals surface area (Å²) in [6.45, 7) is 2.23. The summed E-state index contributed by atoms with van der Waals surface area (Å²) < 4.78 is 1.42.